The molecular formula is C31H38F3NO3S. The summed E-state index contributed by atoms with van der Waals surface area (Å²) in [5, 5.41) is 8.01. The molecule has 0 saturated carbocycles. The van der Waals surface area contributed by atoms with Crippen molar-refractivity contribution < 1.29 is 27.8 Å². The van der Waals surface area contributed by atoms with E-state index in [1.165, 1.54) is 33.1 Å². The number of rotatable bonds is 8. The van der Waals surface area contributed by atoms with Crippen molar-refractivity contribution in [2.75, 3.05) is 0 Å². The molecule has 1 aromatic heterocycles. The van der Waals surface area contributed by atoms with E-state index < -0.39 is 11.7 Å². The number of benzene rings is 2. The first-order chi connectivity index (χ1) is 18.2. The van der Waals surface area contributed by atoms with Crippen molar-refractivity contribution in [2.24, 2.45) is 0 Å². The molecule has 0 radical (unpaired) electrons. The maximum absolute atomic E-state index is 13.0. The SMILES string of the molecule is CCC(C)=C(Cc1ccc(C(F)(F)F)cc1)SC(Cn1ccc2cc(OC(C)(C)C)ccc21)=C(C)C.O=CO. The van der Waals surface area contributed by atoms with Crippen molar-refractivity contribution in [1.82, 2.24) is 4.57 Å². The molecule has 0 amide bonds. The van der Waals surface area contributed by atoms with Gasteiger partial charge in [0.2, 0.25) is 0 Å². The molecule has 0 aliphatic heterocycles. The summed E-state index contributed by atoms with van der Waals surface area (Å²) in [5.74, 6) is 0.852. The quantitative estimate of drug-likeness (QED) is 0.278. The molecule has 0 atom stereocenters. The van der Waals surface area contributed by atoms with Crippen molar-refractivity contribution in [3.63, 3.8) is 0 Å². The Hall–Kier alpha value is -3.13. The second-order valence-corrected chi connectivity index (χ2v) is 11.6. The largest absolute Gasteiger partial charge is 0.488 e. The summed E-state index contributed by atoms with van der Waals surface area (Å²) in [6, 6.07) is 13.8. The van der Waals surface area contributed by atoms with Gasteiger partial charge < -0.3 is 14.4 Å². The van der Waals surface area contributed by atoms with E-state index in [1.807, 2.05) is 26.8 Å². The molecule has 0 aliphatic carbocycles. The van der Waals surface area contributed by atoms with Gasteiger partial charge in [-0.2, -0.15) is 13.2 Å². The van der Waals surface area contributed by atoms with E-state index in [4.69, 9.17) is 14.6 Å². The Morgan fingerprint density at radius 3 is 2.13 bits per heavy atom. The van der Waals surface area contributed by atoms with Crippen LogP contribution < -0.4 is 4.74 Å². The fraction of sp³-hybridized carbons (Fsp3) is 0.387. The number of carbonyl (C=O) groups is 1. The van der Waals surface area contributed by atoms with Gasteiger partial charge in [-0.15, -0.1) is 0 Å². The molecule has 39 heavy (non-hydrogen) atoms. The number of halogens is 3. The molecule has 0 saturated heterocycles. The van der Waals surface area contributed by atoms with Crippen LogP contribution in [0, 0.1) is 0 Å². The summed E-state index contributed by atoms with van der Waals surface area (Å²) >= 11 is 1.74. The number of thioether (sulfide) groups is 1. The molecule has 212 valence electrons. The third-order valence-electron chi connectivity index (χ3n) is 5.94. The lowest BCUT2D eigenvalue weighted by Crippen LogP contribution is -2.22. The zero-order chi connectivity index (χ0) is 29.4. The van der Waals surface area contributed by atoms with Crippen LogP contribution in [0.3, 0.4) is 0 Å². The smallest absolute Gasteiger partial charge is 0.416 e. The van der Waals surface area contributed by atoms with Gasteiger partial charge in [0.1, 0.15) is 11.4 Å². The minimum Gasteiger partial charge on any atom is -0.488 e. The Balaban J connectivity index is 0.00000170. The number of hydrogen-bond acceptors (Lipinski definition) is 3. The van der Waals surface area contributed by atoms with E-state index in [-0.39, 0.29) is 12.1 Å². The van der Waals surface area contributed by atoms with Gasteiger partial charge in [0.25, 0.3) is 6.47 Å². The van der Waals surface area contributed by atoms with E-state index in [0.717, 1.165) is 35.2 Å². The van der Waals surface area contributed by atoms with E-state index in [9.17, 15) is 13.2 Å². The average Bonchev–Trinajstić information content (AvgIpc) is 3.23. The highest BCUT2D eigenvalue weighted by molar-refractivity contribution is 8.06. The van der Waals surface area contributed by atoms with Gasteiger partial charge in [0.05, 0.1) is 12.1 Å². The lowest BCUT2D eigenvalue weighted by Gasteiger charge is -2.21. The van der Waals surface area contributed by atoms with Crippen LogP contribution >= 0.6 is 11.8 Å². The minimum atomic E-state index is -4.32. The maximum atomic E-state index is 13.0. The second kappa shape index (κ2) is 13.8. The summed E-state index contributed by atoms with van der Waals surface area (Å²) in [4.78, 5) is 10.8. The molecule has 3 aromatic rings. The zero-order valence-electron chi connectivity index (χ0n) is 23.6. The van der Waals surface area contributed by atoms with Gasteiger partial charge in [0, 0.05) is 28.4 Å². The number of ether oxygens (including phenoxy) is 1. The highest BCUT2D eigenvalue weighted by Crippen LogP contribution is 2.36. The van der Waals surface area contributed by atoms with Gasteiger partial charge >= 0.3 is 6.18 Å². The number of alkyl halides is 3. The number of aromatic nitrogens is 1. The van der Waals surface area contributed by atoms with Crippen molar-refractivity contribution in [3.05, 3.63) is 86.8 Å². The van der Waals surface area contributed by atoms with Crippen LogP contribution in [0.5, 0.6) is 5.75 Å². The fourth-order valence-corrected chi connectivity index (χ4v) is 5.06. The summed E-state index contributed by atoms with van der Waals surface area (Å²) in [5.41, 5.74) is 3.62. The highest BCUT2D eigenvalue weighted by atomic mass is 32.2. The molecule has 4 nitrogen and oxygen atoms in total. The molecule has 3 rings (SSSR count). The molecule has 2 aromatic carbocycles. The molecule has 0 aliphatic rings. The molecule has 8 heteroatoms. The number of hydrogen-bond donors (Lipinski definition) is 1. The molecule has 0 fully saturated rings. The van der Waals surface area contributed by atoms with Crippen LogP contribution in [0.2, 0.25) is 0 Å². The zero-order valence-corrected chi connectivity index (χ0v) is 24.5. The standard InChI is InChI=1S/C30H36F3NOS.CH2O2/c1-8-21(4)27(17-22-9-11-24(12-10-22)30(31,32)33)36-28(20(2)3)19-34-16-15-23-18-25(13-14-26(23)34)35-29(5,6)7;2-1-3/h9-16,18H,8,17,19H2,1-7H3;1H,(H,2,3). The first-order valence-corrected chi connectivity index (χ1v) is 13.5. The van der Waals surface area contributed by atoms with Gasteiger partial charge in [-0.3, -0.25) is 4.79 Å². The Labute approximate surface area is 233 Å². The van der Waals surface area contributed by atoms with Gasteiger partial charge in [-0.25, -0.2) is 0 Å². The van der Waals surface area contributed by atoms with Crippen molar-refractivity contribution in [1.29, 1.82) is 0 Å². The highest BCUT2D eigenvalue weighted by Gasteiger charge is 2.30. The second-order valence-electron chi connectivity index (χ2n) is 10.4. The Kier molecular flexibility index (Phi) is 11.3. The van der Waals surface area contributed by atoms with E-state index in [0.29, 0.717) is 6.42 Å². The first kappa shape index (κ1) is 32.1. The third-order valence-corrected chi connectivity index (χ3v) is 7.46. The fourth-order valence-electron chi connectivity index (χ4n) is 3.80. The maximum Gasteiger partial charge on any atom is 0.416 e. The monoisotopic (exact) mass is 561 g/mol. The van der Waals surface area contributed by atoms with Crippen molar-refractivity contribution >= 4 is 29.1 Å². The lowest BCUT2D eigenvalue weighted by atomic mass is 10.1. The number of allylic oxidation sites excluding steroid dienone is 4. The number of carboxylic acid groups (broad SMARTS) is 1. The van der Waals surface area contributed by atoms with Crippen molar-refractivity contribution in [3.8, 4) is 5.75 Å². The minimum absolute atomic E-state index is 0.250. The first-order valence-electron chi connectivity index (χ1n) is 12.7. The van der Waals surface area contributed by atoms with Crippen LogP contribution in [0.15, 0.2) is 75.7 Å². The van der Waals surface area contributed by atoms with Crippen LogP contribution in [0.4, 0.5) is 13.2 Å². The molecule has 0 unspecified atom stereocenters. The molecule has 1 N–H and O–H groups in total. The molecule has 0 bridgehead atoms. The van der Waals surface area contributed by atoms with Crippen LogP contribution in [-0.2, 0) is 23.9 Å². The number of fused-ring (bicyclic) bond motifs is 1. The summed E-state index contributed by atoms with van der Waals surface area (Å²) in [7, 11) is 0. The van der Waals surface area contributed by atoms with Crippen LogP contribution in [0.1, 0.15) is 66.0 Å². The normalized spacial score (nSPS) is 12.4. The lowest BCUT2D eigenvalue weighted by molar-refractivity contribution is -0.137. The third kappa shape index (κ3) is 9.84. The number of nitrogens with zero attached hydrogens (tertiary/aromatic N) is 1. The van der Waals surface area contributed by atoms with Gasteiger partial charge in [0.15, 0.2) is 0 Å². The van der Waals surface area contributed by atoms with E-state index in [1.54, 1.807) is 23.9 Å². The Bertz CT molecular complexity index is 1310. The van der Waals surface area contributed by atoms with E-state index in [2.05, 4.69) is 56.7 Å². The average molecular weight is 562 g/mol. The Morgan fingerprint density at radius 2 is 1.62 bits per heavy atom. The van der Waals surface area contributed by atoms with Crippen molar-refractivity contribution in [2.45, 2.75) is 79.6 Å². The Morgan fingerprint density at radius 1 is 1.00 bits per heavy atom. The summed E-state index contributed by atoms with van der Waals surface area (Å²) in [6.07, 6.45) is -0.720. The summed E-state index contributed by atoms with van der Waals surface area (Å²) in [6.45, 7) is 15.0. The predicted molar refractivity (Wildman–Crippen MR) is 155 cm³/mol. The summed E-state index contributed by atoms with van der Waals surface area (Å²) < 4.78 is 47.2. The van der Waals surface area contributed by atoms with Crippen LogP contribution in [-0.4, -0.2) is 21.7 Å². The predicted octanol–water partition coefficient (Wildman–Crippen LogP) is 9.49. The van der Waals surface area contributed by atoms with Gasteiger partial charge in [-0.1, -0.05) is 42.0 Å². The van der Waals surface area contributed by atoms with Gasteiger partial charge in [-0.05, 0) is 94.8 Å². The van der Waals surface area contributed by atoms with E-state index >= 15 is 0 Å². The molecular weight excluding hydrogens is 523 g/mol. The molecule has 0 spiro atoms. The van der Waals surface area contributed by atoms with Crippen LogP contribution in [0.25, 0.3) is 10.9 Å². The molecule has 1 heterocycles. The topological polar surface area (TPSA) is 51.5 Å².